The maximum Gasteiger partial charge on any atom is 0.337 e. The van der Waals surface area contributed by atoms with Crippen LogP contribution in [0.25, 0.3) is 0 Å². The quantitative estimate of drug-likeness (QED) is 0.220. The van der Waals surface area contributed by atoms with E-state index in [1.165, 1.54) is 19.2 Å². The minimum Gasteiger partial charge on any atom is -0.465 e. The molecule has 0 spiro atoms. The monoisotopic (exact) mass is 570 g/mol. The Kier molecular flexibility index (Phi) is 11.6. The van der Waals surface area contributed by atoms with Crippen LogP contribution in [0.3, 0.4) is 0 Å². The molecule has 1 aliphatic heterocycles. The average molecular weight is 570 g/mol. The molecule has 33 heavy (non-hydrogen) atoms. The van der Waals surface area contributed by atoms with E-state index in [-0.39, 0.29) is 41.8 Å². The standard InChI is InChI=1S/C24H31FN4O3.HI/c1-26-24(27-12-11-18-3-5-20(6-4-18)23(30)31-2)28-17-22(29-13-15-32-16-14-29)19-7-9-21(25)10-8-19;/h3-10,22H,11-17H2,1-2H3,(H2,26,27,28);1H. The maximum absolute atomic E-state index is 13.4. The molecule has 2 aromatic rings. The van der Waals surface area contributed by atoms with Gasteiger partial charge in [0.25, 0.3) is 0 Å². The highest BCUT2D eigenvalue weighted by atomic mass is 127. The van der Waals surface area contributed by atoms with Gasteiger partial charge in [-0.3, -0.25) is 9.89 Å². The number of esters is 1. The zero-order valence-electron chi connectivity index (χ0n) is 19.1. The van der Waals surface area contributed by atoms with Gasteiger partial charge in [0.05, 0.1) is 31.9 Å². The Hall–Kier alpha value is -2.24. The first kappa shape index (κ1) is 27.0. The smallest absolute Gasteiger partial charge is 0.337 e. The van der Waals surface area contributed by atoms with Crippen LogP contribution in [0.2, 0.25) is 0 Å². The number of hydrogen-bond acceptors (Lipinski definition) is 5. The van der Waals surface area contributed by atoms with Gasteiger partial charge in [-0.2, -0.15) is 0 Å². The molecule has 1 atom stereocenters. The highest BCUT2D eigenvalue weighted by Crippen LogP contribution is 2.21. The number of halogens is 2. The van der Waals surface area contributed by atoms with E-state index in [4.69, 9.17) is 9.47 Å². The molecule has 3 rings (SSSR count). The first-order valence-electron chi connectivity index (χ1n) is 10.8. The van der Waals surface area contributed by atoms with Gasteiger partial charge in [-0.1, -0.05) is 24.3 Å². The number of benzene rings is 2. The number of carbonyl (C=O) groups excluding carboxylic acids is 1. The van der Waals surface area contributed by atoms with Crippen molar-refractivity contribution in [2.45, 2.75) is 12.5 Å². The molecular weight excluding hydrogens is 538 g/mol. The lowest BCUT2D eigenvalue weighted by atomic mass is 10.0. The first-order chi connectivity index (χ1) is 15.6. The van der Waals surface area contributed by atoms with Crippen molar-refractivity contribution in [3.8, 4) is 0 Å². The zero-order chi connectivity index (χ0) is 22.8. The van der Waals surface area contributed by atoms with Gasteiger partial charge in [-0.15, -0.1) is 24.0 Å². The molecule has 180 valence electrons. The van der Waals surface area contributed by atoms with Crippen molar-refractivity contribution < 1.29 is 18.7 Å². The molecule has 2 N–H and O–H groups in total. The van der Waals surface area contributed by atoms with Gasteiger partial charge in [-0.05, 0) is 41.8 Å². The second-order valence-corrected chi connectivity index (χ2v) is 7.53. The van der Waals surface area contributed by atoms with Crippen molar-refractivity contribution in [2.24, 2.45) is 4.99 Å². The number of rotatable bonds is 8. The van der Waals surface area contributed by atoms with Crippen LogP contribution >= 0.6 is 24.0 Å². The molecule has 0 amide bonds. The van der Waals surface area contributed by atoms with Gasteiger partial charge in [-0.25, -0.2) is 9.18 Å². The highest BCUT2D eigenvalue weighted by Gasteiger charge is 2.23. The van der Waals surface area contributed by atoms with E-state index in [1.54, 1.807) is 19.2 Å². The molecule has 9 heteroatoms. The van der Waals surface area contributed by atoms with Crippen LogP contribution in [0, 0.1) is 5.82 Å². The van der Waals surface area contributed by atoms with Crippen LogP contribution in [0.4, 0.5) is 4.39 Å². The van der Waals surface area contributed by atoms with Crippen molar-refractivity contribution in [1.29, 1.82) is 0 Å². The molecule has 1 saturated heterocycles. The summed E-state index contributed by atoms with van der Waals surface area (Å²) in [5.74, 6) is 0.131. The Labute approximate surface area is 211 Å². The minimum absolute atomic E-state index is 0. The molecule has 0 bridgehead atoms. The van der Waals surface area contributed by atoms with Crippen LogP contribution in [0.15, 0.2) is 53.5 Å². The predicted molar refractivity (Wildman–Crippen MR) is 138 cm³/mol. The number of guanidine groups is 1. The third-order valence-electron chi connectivity index (χ3n) is 5.51. The Balaban J connectivity index is 0.00000385. The number of morpholine rings is 1. The fraction of sp³-hybridized carbons (Fsp3) is 0.417. The molecule has 1 fully saturated rings. The molecule has 1 unspecified atom stereocenters. The van der Waals surface area contributed by atoms with Crippen LogP contribution < -0.4 is 10.6 Å². The maximum atomic E-state index is 13.4. The summed E-state index contributed by atoms with van der Waals surface area (Å²) in [4.78, 5) is 18.2. The number of nitrogens with one attached hydrogen (secondary N) is 2. The Morgan fingerprint density at radius 3 is 2.39 bits per heavy atom. The predicted octanol–water partition coefficient (Wildman–Crippen LogP) is 3.01. The number of carbonyl (C=O) groups is 1. The molecule has 0 aromatic heterocycles. The van der Waals surface area contributed by atoms with Crippen LogP contribution in [0.5, 0.6) is 0 Å². The highest BCUT2D eigenvalue weighted by molar-refractivity contribution is 14.0. The Morgan fingerprint density at radius 2 is 1.79 bits per heavy atom. The fourth-order valence-electron chi connectivity index (χ4n) is 3.70. The minimum atomic E-state index is -0.338. The van der Waals surface area contributed by atoms with Crippen molar-refractivity contribution in [3.05, 3.63) is 71.0 Å². The Bertz CT molecular complexity index is 888. The Morgan fingerprint density at radius 1 is 1.12 bits per heavy atom. The molecule has 7 nitrogen and oxygen atoms in total. The number of aliphatic imine (C=N–C) groups is 1. The van der Waals surface area contributed by atoms with Gasteiger partial charge in [0.2, 0.25) is 0 Å². The fourth-order valence-corrected chi connectivity index (χ4v) is 3.70. The molecule has 2 aromatic carbocycles. The second-order valence-electron chi connectivity index (χ2n) is 7.53. The van der Waals surface area contributed by atoms with Crippen LogP contribution in [0.1, 0.15) is 27.5 Å². The molecular formula is C24H32FIN4O3. The summed E-state index contributed by atoms with van der Waals surface area (Å²) in [5.41, 5.74) is 2.71. The molecule has 0 radical (unpaired) electrons. The summed E-state index contributed by atoms with van der Waals surface area (Å²) < 4.78 is 23.6. The van der Waals surface area contributed by atoms with E-state index in [0.29, 0.717) is 37.8 Å². The lowest BCUT2D eigenvalue weighted by Crippen LogP contribution is -2.46. The largest absolute Gasteiger partial charge is 0.465 e. The summed E-state index contributed by atoms with van der Waals surface area (Å²) in [5, 5.41) is 6.73. The number of methoxy groups -OCH3 is 1. The summed E-state index contributed by atoms with van der Waals surface area (Å²) in [6.45, 7) is 4.38. The number of nitrogens with zero attached hydrogens (tertiary/aromatic N) is 2. The third-order valence-corrected chi connectivity index (χ3v) is 5.51. The van der Waals surface area contributed by atoms with Crippen LogP contribution in [-0.2, 0) is 15.9 Å². The summed E-state index contributed by atoms with van der Waals surface area (Å²) >= 11 is 0. The first-order valence-corrected chi connectivity index (χ1v) is 10.8. The number of hydrogen-bond donors (Lipinski definition) is 2. The van der Waals surface area contributed by atoms with Gasteiger partial charge < -0.3 is 20.1 Å². The lowest BCUT2D eigenvalue weighted by molar-refractivity contribution is 0.0170. The molecule has 1 heterocycles. The molecule has 0 aliphatic carbocycles. The van der Waals surface area contributed by atoms with E-state index in [0.717, 1.165) is 30.6 Å². The SMILES string of the molecule is CN=C(NCCc1ccc(C(=O)OC)cc1)NCC(c1ccc(F)cc1)N1CCOCC1.I. The van der Waals surface area contributed by atoms with Crippen molar-refractivity contribution >= 4 is 35.9 Å². The number of ether oxygens (including phenoxy) is 2. The van der Waals surface area contributed by atoms with Gasteiger partial charge in [0, 0.05) is 33.2 Å². The lowest BCUT2D eigenvalue weighted by Gasteiger charge is -2.35. The van der Waals surface area contributed by atoms with Gasteiger partial charge in [0.1, 0.15) is 5.82 Å². The second kappa shape index (κ2) is 14.1. The summed E-state index contributed by atoms with van der Waals surface area (Å²) in [6, 6.07) is 14.1. The van der Waals surface area contributed by atoms with Crippen molar-refractivity contribution in [2.75, 3.05) is 53.6 Å². The van der Waals surface area contributed by atoms with Crippen LogP contribution in [-0.4, -0.2) is 70.4 Å². The van der Waals surface area contributed by atoms with E-state index < -0.39 is 0 Å². The van der Waals surface area contributed by atoms with E-state index in [1.807, 2.05) is 24.3 Å². The summed E-state index contributed by atoms with van der Waals surface area (Å²) in [6.07, 6.45) is 0.785. The van der Waals surface area contributed by atoms with Crippen molar-refractivity contribution in [3.63, 3.8) is 0 Å². The third kappa shape index (κ3) is 8.24. The normalized spacial score (nSPS) is 15.3. The molecule has 1 aliphatic rings. The molecule has 0 saturated carbocycles. The van der Waals surface area contributed by atoms with E-state index in [2.05, 4.69) is 20.5 Å². The zero-order valence-corrected chi connectivity index (χ0v) is 21.4. The van der Waals surface area contributed by atoms with Gasteiger partial charge in [0.15, 0.2) is 5.96 Å². The average Bonchev–Trinajstić information content (AvgIpc) is 2.84. The topological polar surface area (TPSA) is 75.2 Å². The van der Waals surface area contributed by atoms with E-state index in [9.17, 15) is 9.18 Å². The summed E-state index contributed by atoms with van der Waals surface area (Å²) in [7, 11) is 3.11. The van der Waals surface area contributed by atoms with Crippen molar-refractivity contribution in [1.82, 2.24) is 15.5 Å². The van der Waals surface area contributed by atoms with Gasteiger partial charge >= 0.3 is 5.97 Å². The van der Waals surface area contributed by atoms with E-state index >= 15 is 0 Å².